The van der Waals surface area contributed by atoms with E-state index in [0.29, 0.717) is 11.3 Å². The SMILES string of the molecule is Cc1nn(-c2ccc(C(=O)Nc3cccc(S(C)(=O)=O)c3)cc2)c(C)c1Br. The topological polar surface area (TPSA) is 81.1 Å². The summed E-state index contributed by atoms with van der Waals surface area (Å²) in [4.78, 5) is 12.6. The van der Waals surface area contributed by atoms with Crippen LogP contribution in [0.2, 0.25) is 0 Å². The highest BCUT2D eigenvalue weighted by atomic mass is 79.9. The number of aryl methyl sites for hydroxylation is 1. The molecule has 0 radical (unpaired) electrons. The molecule has 1 heterocycles. The molecule has 0 bridgehead atoms. The van der Waals surface area contributed by atoms with Crippen molar-refractivity contribution >= 4 is 37.4 Å². The largest absolute Gasteiger partial charge is 0.322 e. The molecule has 0 atom stereocenters. The highest BCUT2D eigenvalue weighted by Crippen LogP contribution is 2.23. The summed E-state index contributed by atoms with van der Waals surface area (Å²) < 4.78 is 26.0. The molecular weight excluding hydrogens is 430 g/mol. The van der Waals surface area contributed by atoms with Crippen LogP contribution >= 0.6 is 15.9 Å². The van der Waals surface area contributed by atoms with E-state index in [0.717, 1.165) is 27.8 Å². The Morgan fingerprint density at radius 2 is 1.78 bits per heavy atom. The lowest BCUT2D eigenvalue weighted by atomic mass is 10.2. The van der Waals surface area contributed by atoms with Gasteiger partial charge in [-0.05, 0) is 72.2 Å². The predicted molar refractivity (Wildman–Crippen MR) is 108 cm³/mol. The number of halogens is 1. The summed E-state index contributed by atoms with van der Waals surface area (Å²) in [5.74, 6) is -0.318. The van der Waals surface area contributed by atoms with E-state index in [-0.39, 0.29) is 10.8 Å². The van der Waals surface area contributed by atoms with E-state index in [1.165, 1.54) is 12.1 Å². The minimum Gasteiger partial charge on any atom is -0.322 e. The Kier molecular flexibility index (Phi) is 5.21. The van der Waals surface area contributed by atoms with Crippen molar-refractivity contribution in [2.75, 3.05) is 11.6 Å². The number of sulfone groups is 1. The Labute approximate surface area is 166 Å². The summed E-state index contributed by atoms with van der Waals surface area (Å²) in [5, 5.41) is 7.19. The Hall–Kier alpha value is -2.45. The number of amides is 1. The molecule has 0 aliphatic carbocycles. The molecule has 0 fully saturated rings. The van der Waals surface area contributed by atoms with Crippen molar-refractivity contribution in [2.45, 2.75) is 18.7 Å². The van der Waals surface area contributed by atoms with Gasteiger partial charge in [0, 0.05) is 17.5 Å². The molecule has 1 N–H and O–H groups in total. The fourth-order valence-electron chi connectivity index (χ4n) is 2.64. The van der Waals surface area contributed by atoms with Crippen LogP contribution < -0.4 is 5.32 Å². The average Bonchev–Trinajstić information content (AvgIpc) is 2.89. The molecule has 140 valence electrons. The Morgan fingerprint density at radius 1 is 1.11 bits per heavy atom. The molecule has 8 heteroatoms. The molecule has 0 unspecified atom stereocenters. The third-order valence-corrected chi connectivity index (χ3v) is 6.36. The average molecular weight is 448 g/mol. The molecule has 0 aliphatic rings. The first-order chi connectivity index (χ1) is 12.7. The fourth-order valence-corrected chi connectivity index (χ4v) is 3.55. The van der Waals surface area contributed by atoms with Crippen molar-refractivity contribution in [1.29, 1.82) is 0 Å². The fraction of sp³-hybridized carbons (Fsp3) is 0.158. The maximum absolute atomic E-state index is 12.5. The van der Waals surface area contributed by atoms with E-state index in [2.05, 4.69) is 26.3 Å². The first kappa shape index (κ1) is 19.3. The van der Waals surface area contributed by atoms with Crippen molar-refractivity contribution in [2.24, 2.45) is 0 Å². The lowest BCUT2D eigenvalue weighted by Crippen LogP contribution is -2.12. The van der Waals surface area contributed by atoms with Gasteiger partial charge in [-0.2, -0.15) is 5.10 Å². The van der Waals surface area contributed by atoms with Crippen LogP contribution in [0.15, 0.2) is 57.9 Å². The van der Waals surface area contributed by atoms with Crippen LogP contribution in [-0.2, 0) is 9.84 Å². The Balaban J connectivity index is 1.81. The number of nitrogens with zero attached hydrogens (tertiary/aromatic N) is 2. The summed E-state index contributed by atoms with van der Waals surface area (Å²) in [7, 11) is -3.33. The number of carbonyl (C=O) groups excluding carboxylic acids is 1. The number of anilines is 1. The molecule has 0 aliphatic heterocycles. The van der Waals surface area contributed by atoms with Crippen molar-refractivity contribution in [3.8, 4) is 5.69 Å². The van der Waals surface area contributed by atoms with Gasteiger partial charge < -0.3 is 5.32 Å². The van der Waals surface area contributed by atoms with E-state index in [1.54, 1.807) is 28.9 Å². The highest BCUT2D eigenvalue weighted by Gasteiger charge is 2.13. The lowest BCUT2D eigenvalue weighted by Gasteiger charge is -2.08. The molecule has 2 aromatic carbocycles. The number of aromatic nitrogens is 2. The normalized spacial score (nSPS) is 11.4. The van der Waals surface area contributed by atoms with E-state index < -0.39 is 9.84 Å². The number of hydrogen-bond donors (Lipinski definition) is 1. The van der Waals surface area contributed by atoms with Gasteiger partial charge in [0.15, 0.2) is 9.84 Å². The van der Waals surface area contributed by atoms with Crippen LogP contribution in [0.5, 0.6) is 0 Å². The van der Waals surface area contributed by atoms with Crippen LogP contribution in [0.1, 0.15) is 21.7 Å². The van der Waals surface area contributed by atoms with Crippen LogP contribution in [0, 0.1) is 13.8 Å². The summed E-state index contributed by atoms with van der Waals surface area (Å²) in [5.41, 5.74) is 3.60. The zero-order chi connectivity index (χ0) is 19.8. The first-order valence-electron chi connectivity index (χ1n) is 8.10. The standard InChI is InChI=1S/C19H18BrN3O3S/c1-12-18(20)13(2)23(22-12)16-9-7-14(8-10-16)19(24)21-15-5-4-6-17(11-15)27(3,25)26/h4-11H,1-3H3,(H,21,24). The summed E-state index contributed by atoms with van der Waals surface area (Å²) in [6.45, 7) is 3.87. The molecule has 0 spiro atoms. The quantitative estimate of drug-likeness (QED) is 0.657. The summed E-state index contributed by atoms with van der Waals surface area (Å²) in [6, 6.07) is 13.2. The maximum Gasteiger partial charge on any atom is 0.255 e. The monoisotopic (exact) mass is 447 g/mol. The number of rotatable bonds is 4. The Morgan fingerprint density at radius 3 is 2.33 bits per heavy atom. The number of hydrogen-bond acceptors (Lipinski definition) is 4. The molecule has 0 saturated heterocycles. The Bertz CT molecular complexity index is 1120. The van der Waals surface area contributed by atoms with Gasteiger partial charge in [0.1, 0.15) is 0 Å². The molecule has 3 aromatic rings. The number of carbonyl (C=O) groups is 1. The maximum atomic E-state index is 12.5. The van der Waals surface area contributed by atoms with E-state index in [9.17, 15) is 13.2 Å². The van der Waals surface area contributed by atoms with Crippen molar-refractivity contribution in [1.82, 2.24) is 9.78 Å². The lowest BCUT2D eigenvalue weighted by molar-refractivity contribution is 0.102. The van der Waals surface area contributed by atoms with E-state index >= 15 is 0 Å². The second-order valence-corrected chi connectivity index (χ2v) is 9.01. The highest BCUT2D eigenvalue weighted by molar-refractivity contribution is 9.10. The van der Waals surface area contributed by atoms with Gasteiger partial charge in [0.05, 0.1) is 26.4 Å². The number of nitrogens with one attached hydrogen (secondary N) is 1. The van der Waals surface area contributed by atoms with Gasteiger partial charge in [-0.1, -0.05) is 6.07 Å². The van der Waals surface area contributed by atoms with Crippen LogP contribution in [0.3, 0.4) is 0 Å². The summed E-state index contributed by atoms with van der Waals surface area (Å²) in [6.07, 6.45) is 1.13. The van der Waals surface area contributed by atoms with Crippen molar-refractivity contribution in [3.63, 3.8) is 0 Å². The van der Waals surface area contributed by atoms with Gasteiger partial charge in [-0.25, -0.2) is 13.1 Å². The molecule has 27 heavy (non-hydrogen) atoms. The summed E-state index contributed by atoms with van der Waals surface area (Å²) >= 11 is 3.50. The molecule has 3 rings (SSSR count). The second kappa shape index (κ2) is 7.28. The smallest absolute Gasteiger partial charge is 0.255 e. The molecular formula is C19H18BrN3O3S. The van der Waals surface area contributed by atoms with Crippen LogP contribution in [0.25, 0.3) is 5.69 Å². The molecule has 1 aromatic heterocycles. The molecule has 1 amide bonds. The molecule has 6 nitrogen and oxygen atoms in total. The second-order valence-electron chi connectivity index (χ2n) is 6.20. The predicted octanol–water partition coefficient (Wildman–Crippen LogP) is 3.91. The third kappa shape index (κ3) is 4.12. The van der Waals surface area contributed by atoms with Crippen molar-refractivity contribution < 1.29 is 13.2 Å². The zero-order valence-electron chi connectivity index (χ0n) is 15.0. The number of benzene rings is 2. The van der Waals surface area contributed by atoms with Gasteiger partial charge in [0.2, 0.25) is 0 Å². The van der Waals surface area contributed by atoms with Gasteiger partial charge in [-0.15, -0.1) is 0 Å². The van der Waals surface area contributed by atoms with Crippen LogP contribution in [0.4, 0.5) is 5.69 Å². The van der Waals surface area contributed by atoms with Crippen LogP contribution in [-0.4, -0.2) is 30.4 Å². The minimum atomic E-state index is -3.33. The molecule has 0 saturated carbocycles. The van der Waals surface area contributed by atoms with Gasteiger partial charge in [0.25, 0.3) is 5.91 Å². The zero-order valence-corrected chi connectivity index (χ0v) is 17.4. The van der Waals surface area contributed by atoms with E-state index in [1.807, 2.05) is 26.0 Å². The first-order valence-corrected chi connectivity index (χ1v) is 10.8. The van der Waals surface area contributed by atoms with Gasteiger partial charge in [-0.3, -0.25) is 4.79 Å². The van der Waals surface area contributed by atoms with E-state index in [4.69, 9.17) is 0 Å². The van der Waals surface area contributed by atoms with Crippen molar-refractivity contribution in [3.05, 3.63) is 70.0 Å². The third-order valence-electron chi connectivity index (χ3n) is 4.10. The van der Waals surface area contributed by atoms with Gasteiger partial charge >= 0.3 is 0 Å². The minimum absolute atomic E-state index is 0.158.